The highest BCUT2D eigenvalue weighted by atomic mass is 35.5. The highest BCUT2D eigenvalue weighted by Gasteiger charge is 2.10. The Morgan fingerprint density at radius 3 is 2.50 bits per heavy atom. The first-order chi connectivity index (χ1) is 8.62. The molecule has 0 fully saturated rings. The number of methoxy groups -OCH3 is 2. The van der Waals surface area contributed by atoms with Crippen molar-refractivity contribution in [3.8, 4) is 11.5 Å². The Balaban J connectivity index is 2.83. The molecule has 0 aliphatic heterocycles. The Hall–Kier alpha value is -1.62. The minimum Gasteiger partial charge on any atom is -0.495 e. The smallest absolute Gasteiger partial charge is 0.239 e. The van der Waals surface area contributed by atoms with E-state index in [1.807, 2.05) is 6.92 Å². The number of anilines is 1. The Morgan fingerprint density at radius 1 is 1.28 bits per heavy atom. The third-order valence-electron chi connectivity index (χ3n) is 2.29. The fourth-order valence-corrected chi connectivity index (χ4v) is 1.66. The van der Waals surface area contributed by atoms with Crippen LogP contribution >= 0.6 is 11.6 Å². The van der Waals surface area contributed by atoms with Gasteiger partial charge >= 0.3 is 0 Å². The lowest BCUT2D eigenvalue weighted by molar-refractivity contribution is -0.119. The van der Waals surface area contributed by atoms with E-state index in [1.54, 1.807) is 12.1 Å². The fraction of sp³-hybridized carbons (Fsp3) is 0.417. The van der Waals surface area contributed by atoms with Gasteiger partial charge in [0.1, 0.15) is 11.5 Å². The second-order valence-corrected chi connectivity index (χ2v) is 3.90. The lowest BCUT2D eigenvalue weighted by atomic mass is 10.2. The second-order valence-electron chi connectivity index (χ2n) is 3.49. The third kappa shape index (κ3) is 3.70. The summed E-state index contributed by atoms with van der Waals surface area (Å²) in [5, 5.41) is 6.13. The maximum absolute atomic E-state index is 11.4. The van der Waals surface area contributed by atoms with Gasteiger partial charge in [-0.25, -0.2) is 0 Å². The van der Waals surface area contributed by atoms with Crippen LogP contribution in [-0.2, 0) is 4.79 Å². The van der Waals surface area contributed by atoms with Crippen molar-refractivity contribution in [2.75, 3.05) is 32.6 Å². The van der Waals surface area contributed by atoms with Crippen LogP contribution in [0.5, 0.6) is 11.5 Å². The second kappa shape index (κ2) is 6.96. The van der Waals surface area contributed by atoms with E-state index in [4.69, 9.17) is 21.1 Å². The average Bonchev–Trinajstić information content (AvgIpc) is 2.37. The summed E-state index contributed by atoms with van der Waals surface area (Å²) in [5.74, 6) is 0.995. The molecule has 0 aromatic heterocycles. The maximum Gasteiger partial charge on any atom is 0.239 e. The van der Waals surface area contributed by atoms with E-state index in [9.17, 15) is 4.79 Å². The SMILES string of the molecule is CCNC(=O)CNc1cc(OC)c(Cl)cc1OC. The van der Waals surface area contributed by atoms with E-state index >= 15 is 0 Å². The van der Waals surface area contributed by atoms with Gasteiger partial charge in [0.15, 0.2) is 0 Å². The van der Waals surface area contributed by atoms with Crippen molar-refractivity contribution in [2.24, 2.45) is 0 Å². The van der Waals surface area contributed by atoms with Crippen LogP contribution in [0.2, 0.25) is 5.02 Å². The topological polar surface area (TPSA) is 59.6 Å². The zero-order valence-corrected chi connectivity index (χ0v) is 11.4. The summed E-state index contributed by atoms with van der Waals surface area (Å²) in [6.07, 6.45) is 0. The van der Waals surface area contributed by atoms with Gasteiger partial charge in [-0.15, -0.1) is 0 Å². The van der Waals surface area contributed by atoms with Crippen molar-refractivity contribution in [1.82, 2.24) is 5.32 Å². The van der Waals surface area contributed by atoms with Gasteiger partial charge in [-0.3, -0.25) is 4.79 Å². The van der Waals surface area contributed by atoms with Gasteiger partial charge in [0.05, 0.1) is 31.5 Å². The highest BCUT2D eigenvalue weighted by molar-refractivity contribution is 6.32. The molecule has 0 heterocycles. The Bertz CT molecular complexity index is 424. The summed E-state index contributed by atoms with van der Waals surface area (Å²) < 4.78 is 10.3. The lowest BCUT2D eigenvalue weighted by Crippen LogP contribution is -2.29. The van der Waals surface area contributed by atoms with Gasteiger partial charge in [0, 0.05) is 18.7 Å². The molecule has 1 amide bonds. The van der Waals surface area contributed by atoms with E-state index < -0.39 is 0 Å². The minimum absolute atomic E-state index is 0.0894. The summed E-state index contributed by atoms with van der Waals surface area (Å²) in [7, 11) is 3.07. The Labute approximate surface area is 111 Å². The predicted molar refractivity (Wildman–Crippen MR) is 71.7 cm³/mol. The van der Waals surface area contributed by atoms with E-state index in [2.05, 4.69) is 10.6 Å². The van der Waals surface area contributed by atoms with Gasteiger partial charge in [-0.1, -0.05) is 11.6 Å². The monoisotopic (exact) mass is 272 g/mol. The summed E-state index contributed by atoms with van der Waals surface area (Å²) in [6, 6.07) is 3.33. The van der Waals surface area contributed by atoms with E-state index in [-0.39, 0.29) is 12.5 Å². The summed E-state index contributed by atoms with van der Waals surface area (Å²) >= 11 is 5.98. The van der Waals surface area contributed by atoms with Crippen molar-refractivity contribution < 1.29 is 14.3 Å². The molecule has 0 aliphatic carbocycles. The molecule has 0 bridgehead atoms. The van der Waals surface area contributed by atoms with Gasteiger partial charge in [0.25, 0.3) is 0 Å². The van der Waals surface area contributed by atoms with Crippen molar-refractivity contribution in [2.45, 2.75) is 6.92 Å². The standard InChI is InChI=1S/C12H17ClN2O3/c1-4-14-12(16)7-15-9-6-10(17-2)8(13)5-11(9)18-3/h5-6,15H,4,7H2,1-3H3,(H,14,16). The zero-order valence-electron chi connectivity index (χ0n) is 10.7. The molecule has 5 nitrogen and oxygen atoms in total. The molecule has 0 atom stereocenters. The molecule has 2 N–H and O–H groups in total. The van der Waals surface area contributed by atoms with Gasteiger partial charge in [0.2, 0.25) is 5.91 Å². The Morgan fingerprint density at radius 2 is 1.94 bits per heavy atom. The molecule has 1 aromatic carbocycles. The van der Waals surface area contributed by atoms with Crippen LogP contribution in [0.25, 0.3) is 0 Å². The summed E-state index contributed by atoms with van der Waals surface area (Å²) in [6.45, 7) is 2.63. The van der Waals surface area contributed by atoms with Crippen LogP contribution in [0.3, 0.4) is 0 Å². The number of carbonyl (C=O) groups excluding carboxylic acids is 1. The molecular weight excluding hydrogens is 256 g/mol. The van der Waals surface area contributed by atoms with Crippen LogP contribution in [-0.4, -0.2) is 33.2 Å². The van der Waals surface area contributed by atoms with Gasteiger partial charge < -0.3 is 20.1 Å². The molecular formula is C12H17ClN2O3. The number of nitrogens with one attached hydrogen (secondary N) is 2. The Kier molecular flexibility index (Phi) is 5.58. The van der Waals surface area contributed by atoms with Crippen LogP contribution in [0.15, 0.2) is 12.1 Å². The fourth-order valence-electron chi connectivity index (χ4n) is 1.43. The highest BCUT2D eigenvalue weighted by Crippen LogP contribution is 2.35. The maximum atomic E-state index is 11.4. The summed E-state index contributed by atoms with van der Waals surface area (Å²) in [4.78, 5) is 11.4. The number of likely N-dealkylation sites (N-methyl/N-ethyl adjacent to an activating group) is 1. The van der Waals surface area contributed by atoms with E-state index in [0.29, 0.717) is 28.8 Å². The number of benzene rings is 1. The molecule has 0 radical (unpaired) electrons. The molecule has 0 saturated carbocycles. The van der Waals surface area contributed by atoms with Crippen LogP contribution in [0.4, 0.5) is 5.69 Å². The lowest BCUT2D eigenvalue weighted by Gasteiger charge is -2.13. The molecule has 1 aromatic rings. The van der Waals surface area contributed by atoms with Crippen molar-refractivity contribution in [3.05, 3.63) is 17.2 Å². The van der Waals surface area contributed by atoms with Gasteiger partial charge in [-0.2, -0.15) is 0 Å². The first kappa shape index (κ1) is 14.4. The van der Waals surface area contributed by atoms with Crippen LogP contribution in [0.1, 0.15) is 6.92 Å². The average molecular weight is 273 g/mol. The molecule has 100 valence electrons. The van der Waals surface area contributed by atoms with Crippen molar-refractivity contribution in [3.63, 3.8) is 0 Å². The van der Waals surface area contributed by atoms with Crippen LogP contribution in [0, 0.1) is 0 Å². The number of carbonyl (C=O) groups is 1. The number of hydrogen-bond donors (Lipinski definition) is 2. The molecule has 0 unspecified atom stereocenters. The minimum atomic E-state index is -0.0894. The number of hydrogen-bond acceptors (Lipinski definition) is 4. The molecule has 0 aliphatic rings. The zero-order chi connectivity index (χ0) is 13.5. The number of ether oxygens (including phenoxy) is 2. The number of amides is 1. The van der Waals surface area contributed by atoms with E-state index in [1.165, 1.54) is 14.2 Å². The molecule has 0 spiro atoms. The number of rotatable bonds is 6. The molecule has 1 rings (SSSR count). The quantitative estimate of drug-likeness (QED) is 0.830. The number of halogens is 1. The predicted octanol–water partition coefficient (Wildman–Crippen LogP) is 1.91. The molecule has 18 heavy (non-hydrogen) atoms. The summed E-state index contributed by atoms with van der Waals surface area (Å²) in [5.41, 5.74) is 0.657. The van der Waals surface area contributed by atoms with Crippen LogP contribution < -0.4 is 20.1 Å². The molecule has 6 heteroatoms. The van der Waals surface area contributed by atoms with E-state index in [0.717, 1.165) is 0 Å². The first-order valence-corrected chi connectivity index (χ1v) is 5.92. The van der Waals surface area contributed by atoms with Crippen molar-refractivity contribution >= 4 is 23.2 Å². The third-order valence-corrected chi connectivity index (χ3v) is 2.58. The largest absolute Gasteiger partial charge is 0.495 e. The normalized spacial score (nSPS) is 9.78. The van der Waals surface area contributed by atoms with Crippen molar-refractivity contribution in [1.29, 1.82) is 0 Å². The molecule has 0 saturated heterocycles. The first-order valence-electron chi connectivity index (χ1n) is 5.54. The van der Waals surface area contributed by atoms with Gasteiger partial charge in [-0.05, 0) is 6.92 Å².